The molecule has 1 aliphatic heterocycles. The molecule has 0 spiro atoms. The maximum absolute atomic E-state index is 12.8. The van der Waals surface area contributed by atoms with E-state index in [2.05, 4.69) is 5.32 Å². The molecule has 1 N–H and O–H groups in total. The summed E-state index contributed by atoms with van der Waals surface area (Å²) in [5.74, 6) is -0.155. The van der Waals surface area contributed by atoms with Gasteiger partial charge in [0.05, 0.1) is 34.9 Å². The zero-order chi connectivity index (χ0) is 22.5. The summed E-state index contributed by atoms with van der Waals surface area (Å²) in [5, 5.41) is 12.5. The van der Waals surface area contributed by atoms with Gasteiger partial charge in [-0.05, 0) is 37.5 Å². The standard InChI is InChI=1S/C24H28N4O3S/c1-16-27-21(19-4-2-3-5-20(19)23(29)26-11-10-25)22(32-16)17-6-8-18(9-7-17)24(30)28-12-14-31-15-13-28/h6-9,19-20H,2-5,11-15H2,1H3,(H,26,29). The fourth-order valence-electron chi connectivity index (χ4n) is 4.64. The van der Waals surface area contributed by atoms with Crippen molar-refractivity contribution in [2.45, 2.75) is 38.5 Å². The molecule has 2 aliphatic rings. The number of aromatic nitrogens is 1. The first kappa shape index (κ1) is 22.4. The summed E-state index contributed by atoms with van der Waals surface area (Å²) in [4.78, 5) is 33.2. The van der Waals surface area contributed by atoms with Gasteiger partial charge in [0.25, 0.3) is 5.91 Å². The number of nitrogens with one attached hydrogen (secondary N) is 1. The number of nitrogens with zero attached hydrogens (tertiary/aromatic N) is 3. The van der Waals surface area contributed by atoms with Gasteiger partial charge in [-0.1, -0.05) is 25.0 Å². The van der Waals surface area contributed by atoms with Gasteiger partial charge in [-0.3, -0.25) is 9.59 Å². The van der Waals surface area contributed by atoms with Gasteiger partial charge in [0.2, 0.25) is 5.91 Å². The predicted octanol–water partition coefficient (Wildman–Crippen LogP) is 3.50. The minimum atomic E-state index is -0.167. The topological polar surface area (TPSA) is 95.3 Å². The molecule has 2 aromatic rings. The summed E-state index contributed by atoms with van der Waals surface area (Å²) in [6.45, 7) is 4.42. The lowest BCUT2D eigenvalue weighted by Gasteiger charge is -2.30. The van der Waals surface area contributed by atoms with Crippen molar-refractivity contribution in [2.24, 2.45) is 5.92 Å². The van der Waals surface area contributed by atoms with E-state index < -0.39 is 0 Å². The molecule has 1 aromatic carbocycles. The normalized spacial score (nSPS) is 21.1. The lowest BCUT2D eigenvalue weighted by molar-refractivity contribution is -0.126. The molecule has 2 amide bonds. The van der Waals surface area contributed by atoms with Crippen molar-refractivity contribution < 1.29 is 14.3 Å². The van der Waals surface area contributed by atoms with E-state index in [0.29, 0.717) is 31.9 Å². The summed E-state index contributed by atoms with van der Waals surface area (Å²) in [6, 6.07) is 9.71. The third-order valence-electron chi connectivity index (χ3n) is 6.25. The van der Waals surface area contributed by atoms with Gasteiger partial charge in [0.15, 0.2) is 0 Å². The zero-order valence-corrected chi connectivity index (χ0v) is 19.1. The van der Waals surface area contributed by atoms with Crippen LogP contribution in [0, 0.1) is 24.2 Å². The van der Waals surface area contributed by atoms with Crippen LogP contribution in [-0.4, -0.2) is 54.5 Å². The fraction of sp³-hybridized carbons (Fsp3) is 0.500. The zero-order valence-electron chi connectivity index (χ0n) is 18.3. The molecule has 1 saturated carbocycles. The highest BCUT2D eigenvalue weighted by Crippen LogP contribution is 2.43. The van der Waals surface area contributed by atoms with Crippen LogP contribution in [0.5, 0.6) is 0 Å². The summed E-state index contributed by atoms with van der Waals surface area (Å²) in [7, 11) is 0. The average molecular weight is 453 g/mol. The van der Waals surface area contributed by atoms with E-state index >= 15 is 0 Å². The van der Waals surface area contributed by atoms with Gasteiger partial charge in [-0.15, -0.1) is 11.3 Å². The molecule has 2 atom stereocenters. The molecule has 32 heavy (non-hydrogen) atoms. The van der Waals surface area contributed by atoms with Crippen LogP contribution in [0.2, 0.25) is 0 Å². The van der Waals surface area contributed by atoms with Crippen LogP contribution in [0.1, 0.15) is 52.7 Å². The second-order valence-corrected chi connectivity index (χ2v) is 9.51. The maximum Gasteiger partial charge on any atom is 0.254 e. The molecular weight excluding hydrogens is 424 g/mol. The van der Waals surface area contributed by atoms with Crippen LogP contribution in [-0.2, 0) is 9.53 Å². The molecule has 2 unspecified atom stereocenters. The van der Waals surface area contributed by atoms with Crippen LogP contribution < -0.4 is 5.32 Å². The highest BCUT2D eigenvalue weighted by Gasteiger charge is 2.35. The largest absolute Gasteiger partial charge is 0.378 e. The lowest BCUT2D eigenvalue weighted by Crippen LogP contribution is -2.40. The van der Waals surface area contributed by atoms with Crippen LogP contribution in [0.3, 0.4) is 0 Å². The minimum absolute atomic E-state index is 0.0297. The number of benzene rings is 1. The van der Waals surface area contributed by atoms with Gasteiger partial charge < -0.3 is 15.0 Å². The highest BCUT2D eigenvalue weighted by atomic mass is 32.1. The van der Waals surface area contributed by atoms with E-state index in [-0.39, 0.29) is 30.2 Å². The van der Waals surface area contributed by atoms with Crippen molar-refractivity contribution >= 4 is 23.2 Å². The first-order valence-electron chi connectivity index (χ1n) is 11.2. The van der Waals surface area contributed by atoms with Crippen molar-refractivity contribution in [2.75, 3.05) is 32.8 Å². The van der Waals surface area contributed by atoms with E-state index in [4.69, 9.17) is 15.0 Å². The number of ether oxygens (including phenoxy) is 1. The van der Waals surface area contributed by atoms with E-state index in [0.717, 1.165) is 46.8 Å². The molecule has 168 valence electrons. The number of nitriles is 1. The molecule has 2 heterocycles. The summed E-state index contributed by atoms with van der Waals surface area (Å²) in [5.41, 5.74) is 2.66. The maximum atomic E-state index is 12.8. The SMILES string of the molecule is Cc1nc(C2CCCCC2C(=O)NCC#N)c(-c2ccc(C(=O)N3CCOCC3)cc2)s1. The smallest absolute Gasteiger partial charge is 0.254 e. The Morgan fingerprint density at radius 2 is 1.94 bits per heavy atom. The number of aryl methyl sites for hydroxylation is 1. The van der Waals surface area contributed by atoms with Gasteiger partial charge in [0, 0.05) is 30.5 Å². The third-order valence-corrected chi connectivity index (χ3v) is 7.28. The Bertz CT molecular complexity index is 1010. The van der Waals surface area contributed by atoms with Crippen LogP contribution in [0.15, 0.2) is 24.3 Å². The molecule has 1 aliphatic carbocycles. The Morgan fingerprint density at radius 3 is 2.66 bits per heavy atom. The van der Waals surface area contributed by atoms with Crippen LogP contribution in [0.25, 0.3) is 10.4 Å². The fourth-order valence-corrected chi connectivity index (χ4v) is 5.64. The molecule has 7 nitrogen and oxygen atoms in total. The van der Waals surface area contributed by atoms with Gasteiger partial charge in [-0.25, -0.2) is 4.98 Å². The number of amides is 2. The Morgan fingerprint density at radius 1 is 1.22 bits per heavy atom. The van der Waals surface area contributed by atoms with Gasteiger partial charge in [0.1, 0.15) is 6.54 Å². The first-order valence-corrected chi connectivity index (χ1v) is 12.0. The quantitative estimate of drug-likeness (QED) is 0.701. The first-order chi connectivity index (χ1) is 15.6. The third kappa shape index (κ3) is 4.84. The number of carbonyl (C=O) groups excluding carboxylic acids is 2. The predicted molar refractivity (Wildman–Crippen MR) is 122 cm³/mol. The van der Waals surface area contributed by atoms with E-state index in [1.165, 1.54) is 0 Å². The van der Waals surface area contributed by atoms with Gasteiger partial charge >= 0.3 is 0 Å². The summed E-state index contributed by atoms with van der Waals surface area (Å²) in [6.07, 6.45) is 3.80. The van der Waals surface area contributed by atoms with Crippen LogP contribution >= 0.6 is 11.3 Å². The van der Waals surface area contributed by atoms with Crippen molar-refractivity contribution in [1.82, 2.24) is 15.2 Å². The number of hydrogen-bond acceptors (Lipinski definition) is 6. The molecule has 8 heteroatoms. The van der Waals surface area contributed by atoms with Crippen molar-refractivity contribution in [3.63, 3.8) is 0 Å². The average Bonchev–Trinajstić information content (AvgIpc) is 3.24. The monoisotopic (exact) mass is 452 g/mol. The van der Waals surface area contributed by atoms with Crippen molar-refractivity contribution in [3.8, 4) is 16.5 Å². The minimum Gasteiger partial charge on any atom is -0.378 e. The number of carbonyl (C=O) groups is 2. The molecule has 2 fully saturated rings. The summed E-state index contributed by atoms with van der Waals surface area (Å²) < 4.78 is 5.34. The highest BCUT2D eigenvalue weighted by molar-refractivity contribution is 7.15. The lowest BCUT2D eigenvalue weighted by atomic mass is 9.76. The number of thiazole rings is 1. The van der Waals surface area contributed by atoms with Crippen LogP contribution in [0.4, 0.5) is 0 Å². The van der Waals surface area contributed by atoms with E-state index in [1.807, 2.05) is 42.2 Å². The number of hydrogen-bond donors (Lipinski definition) is 1. The van der Waals surface area contributed by atoms with Crippen molar-refractivity contribution in [3.05, 3.63) is 40.5 Å². The molecule has 0 radical (unpaired) electrons. The Kier molecular flexibility index (Phi) is 7.18. The second-order valence-electron chi connectivity index (χ2n) is 8.30. The molecule has 0 bridgehead atoms. The Balaban J connectivity index is 1.58. The van der Waals surface area contributed by atoms with Crippen molar-refractivity contribution in [1.29, 1.82) is 5.26 Å². The van der Waals surface area contributed by atoms with E-state index in [9.17, 15) is 9.59 Å². The number of morpholine rings is 1. The number of rotatable bonds is 5. The van der Waals surface area contributed by atoms with Gasteiger partial charge in [-0.2, -0.15) is 5.26 Å². The Labute approximate surface area is 192 Å². The molecule has 1 saturated heterocycles. The molecule has 4 rings (SSSR count). The Hall–Kier alpha value is -2.76. The second kappa shape index (κ2) is 10.2. The van der Waals surface area contributed by atoms with E-state index in [1.54, 1.807) is 11.3 Å². The molecular formula is C24H28N4O3S. The molecule has 1 aromatic heterocycles. The summed E-state index contributed by atoms with van der Waals surface area (Å²) >= 11 is 1.63.